The van der Waals surface area contributed by atoms with Crippen LogP contribution in [-0.4, -0.2) is 25.8 Å². The maximum atomic E-state index is 12.0. The second-order valence-corrected chi connectivity index (χ2v) is 5.34. The van der Waals surface area contributed by atoms with E-state index in [0.29, 0.717) is 24.6 Å². The molecule has 0 unspecified atom stereocenters. The van der Waals surface area contributed by atoms with Crippen LogP contribution in [0.3, 0.4) is 0 Å². The van der Waals surface area contributed by atoms with Crippen LogP contribution in [0, 0.1) is 6.92 Å². The molecule has 7 nitrogen and oxygen atoms in total. The molecule has 2 aromatic heterocycles. The highest BCUT2D eigenvalue weighted by atomic mass is 16.5. The second-order valence-electron chi connectivity index (χ2n) is 5.34. The van der Waals surface area contributed by atoms with Crippen LogP contribution in [0.1, 0.15) is 37.5 Å². The standard InChI is InChI=1S/C13H19N5O2/c1-9-15-12(20-17-9)13(2,3)16-11(19)6-5-10-7-14-18(4)8-10/h7-8H,5-6H2,1-4H3,(H,16,19). The number of hydrogen-bond donors (Lipinski definition) is 1. The Bertz CT molecular complexity index is 599. The molecule has 20 heavy (non-hydrogen) atoms. The van der Waals surface area contributed by atoms with E-state index in [2.05, 4.69) is 20.6 Å². The number of rotatable bonds is 5. The van der Waals surface area contributed by atoms with Crippen molar-refractivity contribution in [3.63, 3.8) is 0 Å². The Labute approximate surface area is 117 Å². The molecule has 2 rings (SSSR count). The second kappa shape index (κ2) is 5.44. The van der Waals surface area contributed by atoms with E-state index in [9.17, 15) is 4.79 Å². The van der Waals surface area contributed by atoms with Crippen LogP contribution in [0.5, 0.6) is 0 Å². The van der Waals surface area contributed by atoms with Gasteiger partial charge < -0.3 is 9.84 Å². The molecule has 1 N–H and O–H groups in total. The lowest BCUT2D eigenvalue weighted by atomic mass is 10.0. The quantitative estimate of drug-likeness (QED) is 0.884. The number of aryl methyl sites for hydroxylation is 3. The first-order valence-electron chi connectivity index (χ1n) is 6.46. The highest BCUT2D eigenvalue weighted by Crippen LogP contribution is 2.18. The fraction of sp³-hybridized carbons (Fsp3) is 0.538. The van der Waals surface area contributed by atoms with Crippen LogP contribution < -0.4 is 5.32 Å². The molecule has 0 saturated heterocycles. The van der Waals surface area contributed by atoms with Crippen molar-refractivity contribution in [1.29, 1.82) is 0 Å². The van der Waals surface area contributed by atoms with Gasteiger partial charge in [-0.15, -0.1) is 0 Å². The van der Waals surface area contributed by atoms with Gasteiger partial charge in [0.2, 0.25) is 5.91 Å². The van der Waals surface area contributed by atoms with Gasteiger partial charge in [-0.3, -0.25) is 9.48 Å². The Kier molecular flexibility index (Phi) is 3.87. The summed E-state index contributed by atoms with van der Waals surface area (Å²) >= 11 is 0. The zero-order valence-electron chi connectivity index (χ0n) is 12.2. The molecule has 0 saturated carbocycles. The van der Waals surface area contributed by atoms with E-state index in [1.165, 1.54) is 0 Å². The molecule has 1 amide bonds. The number of carbonyl (C=O) groups is 1. The lowest BCUT2D eigenvalue weighted by molar-refractivity contribution is -0.123. The Morgan fingerprint density at radius 2 is 2.25 bits per heavy atom. The van der Waals surface area contributed by atoms with Gasteiger partial charge >= 0.3 is 0 Å². The van der Waals surface area contributed by atoms with Crippen molar-refractivity contribution >= 4 is 5.91 Å². The summed E-state index contributed by atoms with van der Waals surface area (Å²) in [5.74, 6) is 0.900. The molecule has 2 heterocycles. The van der Waals surface area contributed by atoms with Crippen LogP contribution in [0.15, 0.2) is 16.9 Å². The molecule has 2 aromatic rings. The highest BCUT2D eigenvalue weighted by Gasteiger charge is 2.28. The van der Waals surface area contributed by atoms with Gasteiger partial charge in [-0.1, -0.05) is 5.16 Å². The molecule has 0 spiro atoms. The number of aromatic nitrogens is 4. The molecule has 0 aliphatic heterocycles. The largest absolute Gasteiger partial charge is 0.342 e. The van der Waals surface area contributed by atoms with Gasteiger partial charge in [0.1, 0.15) is 5.54 Å². The lowest BCUT2D eigenvalue weighted by Crippen LogP contribution is -2.41. The van der Waals surface area contributed by atoms with Crippen LogP contribution in [0.2, 0.25) is 0 Å². The fourth-order valence-electron chi connectivity index (χ4n) is 1.87. The van der Waals surface area contributed by atoms with Gasteiger partial charge in [-0.2, -0.15) is 10.1 Å². The summed E-state index contributed by atoms with van der Waals surface area (Å²) in [5, 5.41) is 10.7. The van der Waals surface area contributed by atoms with Crippen LogP contribution >= 0.6 is 0 Å². The minimum Gasteiger partial charge on any atom is -0.342 e. The molecule has 0 aromatic carbocycles. The van der Waals surface area contributed by atoms with E-state index < -0.39 is 5.54 Å². The topological polar surface area (TPSA) is 85.8 Å². The van der Waals surface area contributed by atoms with Gasteiger partial charge in [0.25, 0.3) is 5.89 Å². The van der Waals surface area contributed by atoms with Gasteiger partial charge in [0, 0.05) is 19.7 Å². The van der Waals surface area contributed by atoms with Crippen LogP contribution in [0.4, 0.5) is 0 Å². The predicted molar refractivity (Wildman–Crippen MR) is 71.7 cm³/mol. The van der Waals surface area contributed by atoms with Crippen molar-refractivity contribution in [3.05, 3.63) is 29.7 Å². The molecule has 0 bridgehead atoms. The van der Waals surface area contributed by atoms with Crippen LogP contribution in [-0.2, 0) is 23.8 Å². The zero-order valence-corrected chi connectivity index (χ0v) is 12.2. The molecular formula is C13H19N5O2. The van der Waals surface area contributed by atoms with Crippen molar-refractivity contribution in [2.24, 2.45) is 7.05 Å². The molecule has 0 aliphatic rings. The van der Waals surface area contributed by atoms with Gasteiger partial charge in [-0.25, -0.2) is 0 Å². The summed E-state index contributed by atoms with van der Waals surface area (Å²) in [6.07, 6.45) is 4.71. The van der Waals surface area contributed by atoms with Crippen LogP contribution in [0.25, 0.3) is 0 Å². The minimum atomic E-state index is -0.673. The summed E-state index contributed by atoms with van der Waals surface area (Å²) in [6.45, 7) is 5.41. The molecule has 0 atom stereocenters. The summed E-state index contributed by atoms with van der Waals surface area (Å²) < 4.78 is 6.83. The number of nitrogens with one attached hydrogen (secondary N) is 1. The van der Waals surface area contributed by atoms with Crippen molar-refractivity contribution in [3.8, 4) is 0 Å². The average molecular weight is 277 g/mol. The molecule has 0 radical (unpaired) electrons. The maximum absolute atomic E-state index is 12.0. The SMILES string of the molecule is Cc1noc(C(C)(C)NC(=O)CCc2cnn(C)c2)n1. The first-order valence-corrected chi connectivity index (χ1v) is 6.46. The first kappa shape index (κ1) is 14.2. The Hall–Kier alpha value is -2.18. The highest BCUT2D eigenvalue weighted by molar-refractivity contribution is 5.77. The van der Waals surface area contributed by atoms with Crippen molar-refractivity contribution < 1.29 is 9.32 Å². The monoisotopic (exact) mass is 277 g/mol. The van der Waals surface area contributed by atoms with E-state index in [1.807, 2.05) is 27.1 Å². The fourth-order valence-corrected chi connectivity index (χ4v) is 1.87. The normalized spacial score (nSPS) is 11.6. The van der Waals surface area contributed by atoms with E-state index in [1.54, 1.807) is 17.8 Å². The summed E-state index contributed by atoms with van der Waals surface area (Å²) in [6, 6.07) is 0. The number of carbonyl (C=O) groups excluding carboxylic acids is 1. The number of hydrogen-bond acceptors (Lipinski definition) is 5. The molecular weight excluding hydrogens is 258 g/mol. The van der Waals surface area contributed by atoms with Gasteiger partial charge in [0.05, 0.1) is 6.20 Å². The summed E-state index contributed by atoms with van der Waals surface area (Å²) in [5.41, 5.74) is 0.363. The minimum absolute atomic E-state index is 0.0605. The third kappa shape index (κ3) is 3.43. The van der Waals surface area contributed by atoms with E-state index in [4.69, 9.17) is 4.52 Å². The van der Waals surface area contributed by atoms with Gasteiger partial charge in [0.15, 0.2) is 5.82 Å². The lowest BCUT2D eigenvalue weighted by Gasteiger charge is -2.21. The summed E-state index contributed by atoms with van der Waals surface area (Å²) in [7, 11) is 1.85. The average Bonchev–Trinajstić information content (AvgIpc) is 2.95. The van der Waals surface area contributed by atoms with E-state index in [-0.39, 0.29) is 5.91 Å². The first-order chi connectivity index (χ1) is 9.37. The number of nitrogens with zero attached hydrogens (tertiary/aromatic N) is 4. The van der Waals surface area contributed by atoms with E-state index in [0.717, 1.165) is 5.56 Å². The Balaban J connectivity index is 1.90. The third-order valence-electron chi connectivity index (χ3n) is 2.91. The molecule has 0 aliphatic carbocycles. The van der Waals surface area contributed by atoms with E-state index >= 15 is 0 Å². The van der Waals surface area contributed by atoms with Crippen molar-refractivity contribution in [1.82, 2.24) is 25.2 Å². The van der Waals surface area contributed by atoms with Crippen molar-refractivity contribution in [2.75, 3.05) is 0 Å². The Morgan fingerprint density at radius 1 is 1.50 bits per heavy atom. The number of amides is 1. The van der Waals surface area contributed by atoms with Gasteiger partial charge in [-0.05, 0) is 32.8 Å². The molecule has 108 valence electrons. The molecule has 0 fully saturated rings. The maximum Gasteiger partial charge on any atom is 0.251 e. The Morgan fingerprint density at radius 3 is 2.80 bits per heavy atom. The predicted octanol–water partition coefficient (Wildman–Crippen LogP) is 1.10. The third-order valence-corrected chi connectivity index (χ3v) is 2.91. The summed E-state index contributed by atoms with van der Waals surface area (Å²) in [4.78, 5) is 16.1. The van der Waals surface area contributed by atoms with Crippen molar-refractivity contribution in [2.45, 2.75) is 39.2 Å². The zero-order chi connectivity index (χ0) is 14.8. The smallest absolute Gasteiger partial charge is 0.251 e. The molecule has 7 heteroatoms.